The molecule has 0 saturated heterocycles. The highest BCUT2D eigenvalue weighted by molar-refractivity contribution is 14.1. The summed E-state index contributed by atoms with van der Waals surface area (Å²) in [6, 6.07) is 7.61. The molecule has 1 heterocycles. The number of hydrogen-bond acceptors (Lipinski definition) is 3. The van der Waals surface area contributed by atoms with Crippen molar-refractivity contribution in [2.45, 2.75) is 0 Å². The van der Waals surface area contributed by atoms with E-state index in [1.54, 1.807) is 0 Å². The van der Waals surface area contributed by atoms with E-state index in [9.17, 15) is 4.79 Å². The van der Waals surface area contributed by atoms with Crippen LogP contribution in [0.2, 0.25) is 0 Å². The van der Waals surface area contributed by atoms with Crippen molar-refractivity contribution in [2.24, 2.45) is 0 Å². The predicted octanol–water partition coefficient (Wildman–Crippen LogP) is 1.63. The molecule has 2 aromatic rings. The smallest absolute Gasteiger partial charge is 0.296 e. The molecule has 0 fully saturated rings. The molecule has 0 saturated carbocycles. The fourth-order valence-electron chi connectivity index (χ4n) is 0.962. The molecule has 0 aliphatic heterocycles. The number of H-pyrrole nitrogens is 1. The molecule has 0 aliphatic rings. The van der Waals surface area contributed by atoms with Crippen molar-refractivity contribution in [3.05, 3.63) is 38.4 Å². The summed E-state index contributed by atoms with van der Waals surface area (Å²) in [5, 5.41) is 3.57. The van der Waals surface area contributed by atoms with Crippen molar-refractivity contribution < 1.29 is 4.52 Å². The van der Waals surface area contributed by atoms with Crippen LogP contribution < -0.4 is 5.76 Å². The molecule has 0 bridgehead atoms. The van der Waals surface area contributed by atoms with Crippen LogP contribution in [-0.2, 0) is 0 Å². The molecule has 66 valence electrons. The van der Waals surface area contributed by atoms with E-state index in [1.165, 1.54) is 0 Å². The van der Waals surface area contributed by atoms with Gasteiger partial charge in [0, 0.05) is 9.13 Å². The number of benzene rings is 1. The topological polar surface area (TPSA) is 58.9 Å². The Balaban J connectivity index is 2.47. The van der Waals surface area contributed by atoms with Gasteiger partial charge in [-0.05, 0) is 34.7 Å². The lowest BCUT2D eigenvalue weighted by molar-refractivity contribution is 0.388. The largest absolute Gasteiger partial charge is 0.439 e. The van der Waals surface area contributed by atoms with E-state index in [-0.39, 0.29) is 0 Å². The van der Waals surface area contributed by atoms with E-state index in [1.807, 2.05) is 24.3 Å². The monoisotopic (exact) mass is 288 g/mol. The second kappa shape index (κ2) is 3.33. The first-order valence-electron chi connectivity index (χ1n) is 3.57. The second-order valence-corrected chi connectivity index (χ2v) is 3.70. The number of nitrogens with one attached hydrogen (secondary N) is 1. The average molecular weight is 288 g/mol. The van der Waals surface area contributed by atoms with E-state index in [4.69, 9.17) is 0 Å². The summed E-state index contributed by atoms with van der Waals surface area (Å²) in [5.74, 6) is -0.0741. The number of hydrogen-bond donors (Lipinski definition) is 1. The number of nitrogens with zero attached hydrogens (tertiary/aromatic N) is 1. The lowest BCUT2D eigenvalue weighted by Gasteiger charge is -1.93. The predicted molar refractivity (Wildman–Crippen MR) is 55.3 cm³/mol. The van der Waals surface area contributed by atoms with Crippen molar-refractivity contribution in [2.75, 3.05) is 0 Å². The molecular formula is C8H5IN2O2. The van der Waals surface area contributed by atoms with Gasteiger partial charge in [-0.25, -0.2) is 4.79 Å². The fourth-order valence-corrected chi connectivity index (χ4v) is 1.32. The Labute approximate surface area is 87.1 Å². The molecule has 13 heavy (non-hydrogen) atoms. The van der Waals surface area contributed by atoms with Crippen LogP contribution in [0.1, 0.15) is 0 Å². The first-order chi connectivity index (χ1) is 6.25. The van der Waals surface area contributed by atoms with E-state index >= 15 is 0 Å². The molecule has 0 spiro atoms. The van der Waals surface area contributed by atoms with Gasteiger partial charge in [-0.15, -0.1) is 0 Å². The van der Waals surface area contributed by atoms with Crippen LogP contribution in [0, 0.1) is 3.57 Å². The highest BCUT2D eigenvalue weighted by atomic mass is 127. The molecule has 0 amide bonds. The van der Waals surface area contributed by atoms with E-state index < -0.39 is 5.76 Å². The maximum absolute atomic E-state index is 10.6. The van der Waals surface area contributed by atoms with Gasteiger partial charge in [-0.3, -0.25) is 9.51 Å². The number of aromatic amines is 1. The van der Waals surface area contributed by atoms with Gasteiger partial charge in [-0.2, -0.15) is 0 Å². The molecule has 4 nitrogen and oxygen atoms in total. The van der Waals surface area contributed by atoms with E-state index in [0.29, 0.717) is 5.82 Å². The van der Waals surface area contributed by atoms with Crippen LogP contribution >= 0.6 is 22.6 Å². The minimum Gasteiger partial charge on any atom is -0.296 e. The molecule has 0 unspecified atom stereocenters. The van der Waals surface area contributed by atoms with Gasteiger partial charge < -0.3 is 0 Å². The summed E-state index contributed by atoms with van der Waals surface area (Å²) >= 11 is 2.21. The zero-order valence-electron chi connectivity index (χ0n) is 6.45. The van der Waals surface area contributed by atoms with Crippen LogP contribution in [-0.4, -0.2) is 10.1 Å². The van der Waals surface area contributed by atoms with E-state index in [2.05, 4.69) is 37.3 Å². The number of rotatable bonds is 1. The van der Waals surface area contributed by atoms with E-state index in [0.717, 1.165) is 9.13 Å². The third-order valence-electron chi connectivity index (χ3n) is 1.56. The molecule has 1 aromatic carbocycles. The Morgan fingerprint density at radius 3 is 2.54 bits per heavy atom. The highest BCUT2D eigenvalue weighted by Gasteiger charge is 2.02. The maximum atomic E-state index is 10.6. The molecule has 0 atom stereocenters. The summed E-state index contributed by atoms with van der Waals surface area (Å²) in [6.45, 7) is 0. The summed E-state index contributed by atoms with van der Waals surface area (Å²) in [5.41, 5.74) is 0.839. The van der Waals surface area contributed by atoms with Crippen LogP contribution in [0.5, 0.6) is 0 Å². The minimum atomic E-state index is -0.534. The maximum Gasteiger partial charge on any atom is 0.439 e. The second-order valence-electron chi connectivity index (χ2n) is 2.45. The molecule has 0 radical (unpaired) electrons. The van der Waals surface area contributed by atoms with Crippen molar-refractivity contribution in [3.8, 4) is 11.4 Å². The first-order valence-corrected chi connectivity index (χ1v) is 4.65. The molecule has 2 rings (SSSR count). The number of halogens is 1. The van der Waals surface area contributed by atoms with Crippen LogP contribution in [0.3, 0.4) is 0 Å². The van der Waals surface area contributed by atoms with Gasteiger partial charge in [0.2, 0.25) is 0 Å². The molecular weight excluding hydrogens is 283 g/mol. The highest BCUT2D eigenvalue weighted by Crippen LogP contribution is 2.14. The summed E-state index contributed by atoms with van der Waals surface area (Å²) in [7, 11) is 0. The standard InChI is InChI=1S/C8H5IN2O2/c9-6-3-1-5(2-4-6)7-10-8(12)13-11-7/h1-4H,(H,10,11,12). The minimum absolute atomic E-state index is 0.460. The molecule has 1 aromatic heterocycles. The fraction of sp³-hybridized carbons (Fsp3) is 0. The number of aromatic nitrogens is 2. The average Bonchev–Trinajstić information content (AvgIpc) is 2.53. The third kappa shape index (κ3) is 1.80. The van der Waals surface area contributed by atoms with Gasteiger partial charge in [0.1, 0.15) is 0 Å². The Kier molecular flexibility index (Phi) is 2.17. The zero-order chi connectivity index (χ0) is 9.26. The van der Waals surface area contributed by atoms with Crippen LogP contribution in [0.15, 0.2) is 33.6 Å². The van der Waals surface area contributed by atoms with Crippen molar-refractivity contribution in [3.63, 3.8) is 0 Å². The van der Waals surface area contributed by atoms with Crippen molar-refractivity contribution in [1.29, 1.82) is 0 Å². The Bertz CT molecular complexity index is 457. The first kappa shape index (κ1) is 8.49. The Hall–Kier alpha value is -1.11. The summed E-state index contributed by atoms with van der Waals surface area (Å²) < 4.78 is 5.52. The van der Waals surface area contributed by atoms with Gasteiger partial charge in [0.05, 0.1) is 0 Å². The van der Waals surface area contributed by atoms with Gasteiger partial charge in [-0.1, -0.05) is 17.3 Å². The van der Waals surface area contributed by atoms with Crippen molar-refractivity contribution in [1.82, 2.24) is 10.1 Å². The van der Waals surface area contributed by atoms with Crippen molar-refractivity contribution >= 4 is 22.6 Å². The summed E-state index contributed by atoms with van der Waals surface area (Å²) in [4.78, 5) is 13.1. The zero-order valence-corrected chi connectivity index (χ0v) is 8.61. The van der Waals surface area contributed by atoms with Crippen LogP contribution in [0.4, 0.5) is 0 Å². The molecule has 0 aliphatic carbocycles. The Morgan fingerprint density at radius 1 is 1.31 bits per heavy atom. The normalized spacial score (nSPS) is 10.2. The quantitative estimate of drug-likeness (QED) is 0.811. The van der Waals surface area contributed by atoms with Crippen LogP contribution in [0.25, 0.3) is 11.4 Å². The summed E-state index contributed by atoms with van der Waals surface area (Å²) in [6.07, 6.45) is 0. The Morgan fingerprint density at radius 2 is 2.00 bits per heavy atom. The van der Waals surface area contributed by atoms with Gasteiger partial charge in [0.15, 0.2) is 5.82 Å². The lowest BCUT2D eigenvalue weighted by atomic mass is 10.2. The lowest BCUT2D eigenvalue weighted by Crippen LogP contribution is -1.94. The third-order valence-corrected chi connectivity index (χ3v) is 2.28. The molecule has 1 N–H and O–H groups in total. The van der Waals surface area contributed by atoms with Gasteiger partial charge in [0.25, 0.3) is 0 Å². The SMILES string of the molecule is O=c1[nH]c(-c2ccc(I)cc2)no1. The molecule has 5 heteroatoms. The van der Waals surface area contributed by atoms with Gasteiger partial charge >= 0.3 is 5.76 Å².